The van der Waals surface area contributed by atoms with Crippen molar-refractivity contribution >= 4 is 12.2 Å². The van der Waals surface area contributed by atoms with Crippen molar-refractivity contribution in [2.45, 2.75) is 64.5 Å². The summed E-state index contributed by atoms with van der Waals surface area (Å²) >= 11 is 0. The Morgan fingerprint density at radius 2 is 2.14 bits per heavy atom. The van der Waals surface area contributed by atoms with Crippen LogP contribution in [0.4, 0.5) is 8.78 Å². The van der Waals surface area contributed by atoms with Gasteiger partial charge in [0.15, 0.2) is 0 Å². The number of aromatic nitrogens is 4. The number of carboxylic acids is 1. The molecule has 2 aromatic rings. The van der Waals surface area contributed by atoms with E-state index in [2.05, 4.69) is 25.6 Å². The average molecular weight is 517 g/mol. The molecule has 0 aromatic carbocycles. The van der Waals surface area contributed by atoms with Gasteiger partial charge in [-0.2, -0.15) is 0 Å². The van der Waals surface area contributed by atoms with E-state index in [1.165, 1.54) is 12.3 Å². The van der Waals surface area contributed by atoms with Crippen molar-refractivity contribution < 1.29 is 28.2 Å². The Balaban J connectivity index is 1.27. The SMILES string of the molecule is Cc1nc(-c2nnn(C)c2COC2(C)N=CC=C(C(F)F)N2)ccc1O[C@H]1C[C@@H]2CC[C@H](C(=O)O)[C@@H]2C1. The third kappa shape index (κ3) is 5.07. The van der Waals surface area contributed by atoms with Crippen molar-refractivity contribution in [3.05, 3.63) is 35.3 Å². The number of hydrogen-bond acceptors (Lipinski definition) is 8. The summed E-state index contributed by atoms with van der Waals surface area (Å²) in [7, 11) is 1.71. The van der Waals surface area contributed by atoms with Gasteiger partial charge in [-0.3, -0.25) is 4.79 Å². The number of aryl methyl sites for hydroxylation is 2. The van der Waals surface area contributed by atoms with Gasteiger partial charge in [0.2, 0.25) is 5.85 Å². The monoisotopic (exact) mass is 516 g/mol. The van der Waals surface area contributed by atoms with E-state index in [1.807, 2.05) is 13.0 Å². The molecule has 5 rings (SSSR count). The third-order valence-corrected chi connectivity index (χ3v) is 7.58. The molecule has 1 unspecified atom stereocenters. The maximum atomic E-state index is 13.1. The van der Waals surface area contributed by atoms with Gasteiger partial charge in [-0.15, -0.1) is 5.10 Å². The van der Waals surface area contributed by atoms with E-state index >= 15 is 0 Å². The topological polar surface area (TPSA) is 124 Å². The van der Waals surface area contributed by atoms with Crippen LogP contribution in [0.15, 0.2) is 28.9 Å². The van der Waals surface area contributed by atoms with Crippen molar-refractivity contribution in [1.29, 1.82) is 0 Å². The highest BCUT2D eigenvalue weighted by molar-refractivity contribution is 5.73. The van der Waals surface area contributed by atoms with Gasteiger partial charge in [-0.05, 0) is 62.7 Å². The molecule has 2 aliphatic carbocycles. The molecular weight excluding hydrogens is 486 g/mol. The maximum Gasteiger partial charge on any atom is 0.306 e. The maximum absolute atomic E-state index is 13.1. The predicted octanol–water partition coefficient (Wildman–Crippen LogP) is 3.47. The average Bonchev–Trinajstić information content (AvgIpc) is 3.53. The van der Waals surface area contributed by atoms with Crippen LogP contribution in [0.2, 0.25) is 0 Å². The molecule has 2 fully saturated rings. The smallest absolute Gasteiger partial charge is 0.306 e. The molecule has 0 saturated heterocycles. The summed E-state index contributed by atoms with van der Waals surface area (Å²) in [5, 5.41) is 20.4. The molecule has 12 heteroatoms. The normalized spacial score (nSPS) is 28.8. The fraction of sp³-hybridized carbons (Fsp3) is 0.560. The second kappa shape index (κ2) is 9.81. The number of aliphatic carboxylic acids is 1. The highest BCUT2D eigenvalue weighted by atomic mass is 19.3. The fourth-order valence-electron chi connectivity index (χ4n) is 5.67. The second-order valence-electron chi connectivity index (χ2n) is 10.0. The van der Waals surface area contributed by atoms with Gasteiger partial charge in [-0.25, -0.2) is 23.4 Å². The summed E-state index contributed by atoms with van der Waals surface area (Å²) in [6.45, 7) is 3.42. The number of aliphatic imine (C=N–C) groups is 1. The molecule has 2 aromatic heterocycles. The van der Waals surface area contributed by atoms with Crippen LogP contribution in [0.1, 0.15) is 44.0 Å². The molecule has 5 atom stereocenters. The lowest BCUT2D eigenvalue weighted by Crippen LogP contribution is -2.45. The van der Waals surface area contributed by atoms with Crippen LogP contribution in [0, 0.1) is 24.7 Å². The van der Waals surface area contributed by atoms with Gasteiger partial charge in [0.1, 0.15) is 11.4 Å². The largest absolute Gasteiger partial charge is 0.489 e. The number of allylic oxidation sites excluding steroid dienone is 2. The number of ether oxygens (including phenoxy) is 2. The summed E-state index contributed by atoms with van der Waals surface area (Å²) in [5.74, 6) is -1.10. The molecule has 2 saturated carbocycles. The van der Waals surface area contributed by atoms with Crippen LogP contribution in [-0.4, -0.2) is 55.6 Å². The molecule has 3 heterocycles. The summed E-state index contributed by atoms with van der Waals surface area (Å²) in [5.41, 5.74) is 2.10. The van der Waals surface area contributed by atoms with E-state index in [0.717, 1.165) is 25.7 Å². The number of nitrogens with zero attached hydrogens (tertiary/aromatic N) is 5. The van der Waals surface area contributed by atoms with Gasteiger partial charge in [-0.1, -0.05) is 5.21 Å². The van der Waals surface area contributed by atoms with Crippen molar-refractivity contribution in [3.63, 3.8) is 0 Å². The molecule has 0 spiro atoms. The Morgan fingerprint density at radius 3 is 2.86 bits per heavy atom. The minimum atomic E-state index is -2.67. The molecule has 0 bridgehead atoms. The van der Waals surface area contributed by atoms with Crippen molar-refractivity contribution in [2.75, 3.05) is 0 Å². The standard InChI is InChI=1S/C25H30F2N6O4/c1-13-21(37-15-10-14-4-5-16(24(34)35)17(14)11-15)7-6-18(29-13)22-20(33(3)32-31-22)12-36-25(2)28-9-8-19(30-25)23(26)27/h6-9,14-17,23,30H,4-5,10-12H2,1-3H3,(H,34,35)/t14-,15-,16-,17+,25?/m0/s1. The van der Waals surface area contributed by atoms with Gasteiger partial charge in [0.25, 0.3) is 6.43 Å². The fourth-order valence-corrected chi connectivity index (χ4v) is 5.67. The first-order chi connectivity index (χ1) is 17.6. The molecule has 3 aliphatic rings. The number of nitrogens with one attached hydrogen (secondary N) is 1. The lowest BCUT2D eigenvalue weighted by atomic mass is 9.92. The van der Waals surface area contributed by atoms with Crippen LogP contribution >= 0.6 is 0 Å². The van der Waals surface area contributed by atoms with E-state index in [4.69, 9.17) is 9.47 Å². The Morgan fingerprint density at radius 1 is 1.32 bits per heavy atom. The van der Waals surface area contributed by atoms with E-state index in [-0.39, 0.29) is 30.2 Å². The number of carbonyl (C=O) groups is 1. The zero-order valence-corrected chi connectivity index (χ0v) is 20.9. The number of alkyl halides is 2. The Labute approximate surface area is 212 Å². The van der Waals surface area contributed by atoms with Crippen molar-refractivity contribution in [2.24, 2.45) is 29.8 Å². The van der Waals surface area contributed by atoms with Crippen molar-refractivity contribution in [1.82, 2.24) is 25.3 Å². The minimum Gasteiger partial charge on any atom is -0.489 e. The predicted molar refractivity (Wildman–Crippen MR) is 129 cm³/mol. The summed E-state index contributed by atoms with van der Waals surface area (Å²) in [4.78, 5) is 20.4. The molecule has 0 amide bonds. The van der Waals surface area contributed by atoms with Crippen molar-refractivity contribution in [3.8, 4) is 17.1 Å². The lowest BCUT2D eigenvalue weighted by Gasteiger charge is -2.30. The van der Waals surface area contributed by atoms with E-state index < -0.39 is 18.2 Å². The first-order valence-electron chi connectivity index (χ1n) is 12.3. The Bertz CT molecular complexity index is 1250. The molecule has 37 heavy (non-hydrogen) atoms. The van der Waals surface area contributed by atoms with Gasteiger partial charge < -0.3 is 19.9 Å². The van der Waals surface area contributed by atoms with E-state index in [1.54, 1.807) is 24.7 Å². The number of halogens is 2. The first kappa shape index (κ1) is 25.2. The number of pyridine rings is 1. The summed E-state index contributed by atoms with van der Waals surface area (Å²) < 4.78 is 39.9. The third-order valence-electron chi connectivity index (χ3n) is 7.58. The quantitative estimate of drug-likeness (QED) is 0.547. The zero-order chi connectivity index (χ0) is 26.3. The molecule has 10 nitrogen and oxygen atoms in total. The Hall–Kier alpha value is -3.41. The zero-order valence-electron chi connectivity index (χ0n) is 20.9. The molecule has 0 radical (unpaired) electrons. The van der Waals surface area contributed by atoms with E-state index in [0.29, 0.717) is 34.4 Å². The van der Waals surface area contributed by atoms with Crippen LogP contribution in [-0.2, 0) is 23.2 Å². The second-order valence-corrected chi connectivity index (χ2v) is 10.0. The summed E-state index contributed by atoms with van der Waals surface area (Å²) in [6.07, 6.45) is 3.11. The molecule has 2 N–H and O–H groups in total. The Kier molecular flexibility index (Phi) is 6.69. The molecule has 198 valence electrons. The summed E-state index contributed by atoms with van der Waals surface area (Å²) in [6, 6.07) is 3.63. The van der Waals surface area contributed by atoms with Crippen LogP contribution in [0.5, 0.6) is 5.75 Å². The van der Waals surface area contributed by atoms with Gasteiger partial charge in [0, 0.05) is 20.2 Å². The molecule has 1 aliphatic heterocycles. The van der Waals surface area contributed by atoms with Crippen LogP contribution < -0.4 is 10.1 Å². The van der Waals surface area contributed by atoms with Gasteiger partial charge >= 0.3 is 5.97 Å². The number of fused-ring (bicyclic) bond motifs is 1. The van der Waals surface area contributed by atoms with Crippen LogP contribution in [0.25, 0.3) is 11.4 Å². The first-order valence-corrected chi connectivity index (χ1v) is 12.3. The van der Waals surface area contributed by atoms with Crippen LogP contribution in [0.3, 0.4) is 0 Å². The number of carboxylic acid groups (broad SMARTS) is 1. The number of hydrogen-bond donors (Lipinski definition) is 2. The minimum absolute atomic E-state index is 0.00473. The highest BCUT2D eigenvalue weighted by Crippen LogP contribution is 2.48. The highest BCUT2D eigenvalue weighted by Gasteiger charge is 2.47. The molecular formula is C25H30F2N6O4. The lowest BCUT2D eigenvalue weighted by molar-refractivity contribution is -0.143. The van der Waals surface area contributed by atoms with E-state index in [9.17, 15) is 18.7 Å². The van der Waals surface area contributed by atoms with Gasteiger partial charge in [0.05, 0.1) is 41.4 Å². The number of rotatable bonds is 8.